The Kier molecular flexibility index (Phi) is 2.95. The first-order chi connectivity index (χ1) is 12.2. The third-order valence-corrected chi connectivity index (χ3v) is 5.15. The van der Waals surface area contributed by atoms with E-state index in [0.717, 1.165) is 37.1 Å². The number of aryl methyl sites for hydroxylation is 2. The van der Waals surface area contributed by atoms with Gasteiger partial charge in [0, 0.05) is 17.3 Å². The van der Waals surface area contributed by atoms with Crippen molar-refractivity contribution < 1.29 is 4.52 Å². The lowest BCUT2D eigenvalue weighted by molar-refractivity contribution is 0.442. The van der Waals surface area contributed by atoms with Crippen LogP contribution in [0.5, 0.6) is 0 Å². The molecule has 122 valence electrons. The van der Waals surface area contributed by atoms with Crippen LogP contribution in [-0.2, 0) is 0 Å². The Hall–Kier alpha value is -3.13. The van der Waals surface area contributed by atoms with Gasteiger partial charge in [-0.15, -0.1) is 11.3 Å². The molecular weight excluding hydrogens is 336 g/mol. The molecule has 0 bridgehead atoms. The molecule has 5 aromatic heterocycles. The van der Waals surface area contributed by atoms with Gasteiger partial charge < -0.3 is 9.84 Å². The van der Waals surface area contributed by atoms with E-state index >= 15 is 0 Å². The fourth-order valence-electron chi connectivity index (χ4n) is 2.99. The smallest absolute Gasteiger partial charge is 0.240 e. The quantitative estimate of drug-likeness (QED) is 0.513. The number of nitrogens with zero attached hydrogens (tertiary/aromatic N) is 5. The minimum atomic E-state index is 0.533. The summed E-state index contributed by atoms with van der Waals surface area (Å²) in [6.45, 7) is 3.95. The number of nitrogens with one attached hydrogen (secondary N) is 1. The molecule has 5 heterocycles. The number of thiophene rings is 1. The van der Waals surface area contributed by atoms with Gasteiger partial charge in [0.1, 0.15) is 11.2 Å². The number of aromatic nitrogens is 5. The van der Waals surface area contributed by atoms with E-state index in [1.54, 1.807) is 17.5 Å². The predicted molar refractivity (Wildman–Crippen MR) is 97.3 cm³/mol. The van der Waals surface area contributed by atoms with Crippen LogP contribution in [-0.4, -0.2) is 25.1 Å². The molecule has 8 heteroatoms. The Labute approximate surface area is 145 Å². The van der Waals surface area contributed by atoms with E-state index in [1.165, 1.54) is 6.33 Å². The van der Waals surface area contributed by atoms with Gasteiger partial charge >= 0.3 is 0 Å². The molecule has 0 radical (unpaired) electrons. The lowest BCUT2D eigenvalue weighted by Crippen LogP contribution is -1.94. The number of anilines is 2. The fourth-order valence-corrected chi connectivity index (χ4v) is 4.03. The van der Waals surface area contributed by atoms with E-state index in [2.05, 4.69) is 30.4 Å². The molecule has 0 fully saturated rings. The van der Waals surface area contributed by atoms with Crippen molar-refractivity contribution in [3.63, 3.8) is 0 Å². The van der Waals surface area contributed by atoms with Crippen molar-refractivity contribution >= 4 is 54.5 Å². The molecule has 0 saturated carbocycles. The monoisotopic (exact) mass is 348 g/mol. The maximum atomic E-state index is 5.48. The first kappa shape index (κ1) is 14.2. The van der Waals surface area contributed by atoms with Gasteiger partial charge in [0.05, 0.1) is 15.6 Å². The van der Waals surface area contributed by atoms with Gasteiger partial charge in [-0.1, -0.05) is 5.16 Å². The van der Waals surface area contributed by atoms with Crippen molar-refractivity contribution in [2.45, 2.75) is 13.8 Å². The van der Waals surface area contributed by atoms with Crippen molar-refractivity contribution in [1.29, 1.82) is 0 Å². The summed E-state index contributed by atoms with van der Waals surface area (Å²) in [5.41, 5.74) is 3.42. The molecule has 25 heavy (non-hydrogen) atoms. The van der Waals surface area contributed by atoms with E-state index in [-0.39, 0.29) is 0 Å². The minimum absolute atomic E-state index is 0.533. The van der Waals surface area contributed by atoms with Crippen molar-refractivity contribution in [2.75, 3.05) is 5.32 Å². The zero-order chi connectivity index (χ0) is 17.0. The van der Waals surface area contributed by atoms with Crippen LogP contribution in [0.1, 0.15) is 11.3 Å². The lowest BCUT2D eigenvalue weighted by atomic mass is 10.2. The standard InChI is InChI=1S/C17H12N6OS/c1-8-6-9(2)21-14-11(8)16(24-23-14)22-15-13-12(19-7-20-15)10-4-3-5-18-17(10)25-13/h3-7H,1-2H3,(H,19,20,22). The summed E-state index contributed by atoms with van der Waals surface area (Å²) >= 11 is 1.55. The molecule has 0 aliphatic rings. The number of fused-ring (bicyclic) bond motifs is 4. The molecule has 0 aliphatic heterocycles. The minimum Gasteiger partial charge on any atom is -0.336 e. The predicted octanol–water partition coefficient (Wildman–Crippen LogP) is 4.14. The van der Waals surface area contributed by atoms with Crippen LogP contribution in [0.25, 0.3) is 31.5 Å². The molecule has 1 N–H and O–H groups in total. The van der Waals surface area contributed by atoms with Gasteiger partial charge in [0.15, 0.2) is 5.82 Å². The van der Waals surface area contributed by atoms with Crippen molar-refractivity contribution in [3.8, 4) is 0 Å². The summed E-state index contributed by atoms with van der Waals surface area (Å²) in [4.78, 5) is 18.5. The highest BCUT2D eigenvalue weighted by Crippen LogP contribution is 2.36. The van der Waals surface area contributed by atoms with Gasteiger partial charge in [0.25, 0.3) is 0 Å². The molecule has 7 nitrogen and oxygen atoms in total. The third kappa shape index (κ3) is 2.14. The van der Waals surface area contributed by atoms with E-state index in [4.69, 9.17) is 4.52 Å². The number of pyridine rings is 2. The topological polar surface area (TPSA) is 89.6 Å². The van der Waals surface area contributed by atoms with E-state index < -0.39 is 0 Å². The normalized spacial score (nSPS) is 11.6. The van der Waals surface area contributed by atoms with Crippen molar-refractivity contribution in [3.05, 3.63) is 42.0 Å². The molecule has 0 aliphatic carbocycles. The van der Waals surface area contributed by atoms with Crippen LogP contribution in [0.15, 0.2) is 35.2 Å². The van der Waals surface area contributed by atoms with Crippen LogP contribution in [0.4, 0.5) is 11.7 Å². The van der Waals surface area contributed by atoms with Crippen LogP contribution in [0.3, 0.4) is 0 Å². The summed E-state index contributed by atoms with van der Waals surface area (Å²) in [6, 6.07) is 5.92. The number of hydrogen-bond donors (Lipinski definition) is 1. The Balaban J connectivity index is 1.70. The lowest BCUT2D eigenvalue weighted by Gasteiger charge is -2.04. The summed E-state index contributed by atoms with van der Waals surface area (Å²) in [5, 5.41) is 9.19. The highest BCUT2D eigenvalue weighted by molar-refractivity contribution is 7.25. The molecule has 0 unspecified atom stereocenters. The fraction of sp³-hybridized carbons (Fsp3) is 0.118. The summed E-state index contributed by atoms with van der Waals surface area (Å²) in [7, 11) is 0. The summed E-state index contributed by atoms with van der Waals surface area (Å²) in [5.74, 6) is 1.21. The Bertz CT molecular complexity index is 1260. The molecule has 0 amide bonds. The maximum Gasteiger partial charge on any atom is 0.240 e. The maximum absolute atomic E-state index is 5.48. The second-order valence-electron chi connectivity index (χ2n) is 5.77. The zero-order valence-electron chi connectivity index (χ0n) is 13.4. The van der Waals surface area contributed by atoms with E-state index in [0.29, 0.717) is 17.3 Å². The molecule has 5 rings (SSSR count). The van der Waals surface area contributed by atoms with Gasteiger partial charge in [-0.25, -0.2) is 19.9 Å². The second kappa shape index (κ2) is 5.18. The summed E-state index contributed by atoms with van der Waals surface area (Å²) in [6.07, 6.45) is 3.32. The summed E-state index contributed by atoms with van der Waals surface area (Å²) < 4.78 is 6.41. The van der Waals surface area contributed by atoms with E-state index in [1.807, 2.05) is 32.0 Å². The van der Waals surface area contributed by atoms with Crippen molar-refractivity contribution in [1.82, 2.24) is 25.1 Å². The van der Waals surface area contributed by atoms with E-state index in [9.17, 15) is 0 Å². The molecule has 0 aromatic carbocycles. The molecule has 0 spiro atoms. The molecular formula is C17H12N6OS. The largest absolute Gasteiger partial charge is 0.336 e. The van der Waals surface area contributed by atoms with Crippen molar-refractivity contribution in [2.24, 2.45) is 0 Å². The molecule has 5 aromatic rings. The highest BCUT2D eigenvalue weighted by Gasteiger charge is 2.17. The SMILES string of the molecule is Cc1cc(C)c2c(Nc3ncnc4c3sc3ncccc34)onc2n1. The Morgan fingerprint density at radius 3 is 3.00 bits per heavy atom. The average molecular weight is 348 g/mol. The van der Waals surface area contributed by atoms with Crippen LogP contribution >= 0.6 is 11.3 Å². The van der Waals surface area contributed by atoms with Gasteiger partial charge in [0.2, 0.25) is 11.5 Å². The zero-order valence-corrected chi connectivity index (χ0v) is 14.3. The van der Waals surface area contributed by atoms with Crippen LogP contribution in [0.2, 0.25) is 0 Å². The first-order valence-corrected chi connectivity index (χ1v) is 8.51. The third-order valence-electron chi connectivity index (χ3n) is 4.04. The average Bonchev–Trinajstić information content (AvgIpc) is 3.17. The second-order valence-corrected chi connectivity index (χ2v) is 6.77. The van der Waals surface area contributed by atoms with Gasteiger partial charge in [-0.3, -0.25) is 0 Å². The Morgan fingerprint density at radius 2 is 2.08 bits per heavy atom. The van der Waals surface area contributed by atoms with Gasteiger partial charge in [-0.2, -0.15) is 0 Å². The highest BCUT2D eigenvalue weighted by atomic mass is 32.1. The van der Waals surface area contributed by atoms with Crippen LogP contribution < -0.4 is 5.32 Å². The van der Waals surface area contributed by atoms with Gasteiger partial charge in [-0.05, 0) is 37.6 Å². The molecule has 0 saturated heterocycles. The number of hydrogen-bond acceptors (Lipinski definition) is 8. The number of rotatable bonds is 2. The Morgan fingerprint density at radius 1 is 1.16 bits per heavy atom. The molecule has 0 atom stereocenters. The first-order valence-electron chi connectivity index (χ1n) is 7.69. The van der Waals surface area contributed by atoms with Crippen LogP contribution in [0, 0.1) is 13.8 Å².